The minimum Gasteiger partial charge on any atom is -0.469 e. The van der Waals surface area contributed by atoms with E-state index in [-0.39, 0.29) is 0 Å². The van der Waals surface area contributed by atoms with Gasteiger partial charge in [0.2, 0.25) is 0 Å². The Morgan fingerprint density at radius 2 is 1.95 bits per heavy atom. The molecular formula is C17H23NO2. The zero-order valence-electron chi connectivity index (χ0n) is 12.5. The standard InChI is InChI=1S/C17H23NO2/c1-13-6-4-5-7-16(13)17(19)8-10-18(3)12-15-9-11-20-14(15)2/h4-7,9,11,17,19H,8,10,12H2,1-3H3. The largest absolute Gasteiger partial charge is 0.469 e. The van der Waals surface area contributed by atoms with Crippen LogP contribution in [0.1, 0.15) is 35.0 Å². The topological polar surface area (TPSA) is 36.6 Å². The Morgan fingerprint density at radius 1 is 1.20 bits per heavy atom. The third-order valence-corrected chi connectivity index (χ3v) is 3.74. The number of benzene rings is 1. The number of nitrogens with zero attached hydrogens (tertiary/aromatic N) is 1. The van der Waals surface area contributed by atoms with Crippen molar-refractivity contribution in [2.45, 2.75) is 32.9 Å². The van der Waals surface area contributed by atoms with Crippen LogP contribution in [-0.4, -0.2) is 23.6 Å². The molecule has 0 fully saturated rings. The summed E-state index contributed by atoms with van der Waals surface area (Å²) in [6.45, 7) is 5.71. The van der Waals surface area contributed by atoms with Gasteiger partial charge >= 0.3 is 0 Å². The molecule has 1 N–H and O–H groups in total. The molecule has 3 nitrogen and oxygen atoms in total. The van der Waals surface area contributed by atoms with Gasteiger partial charge in [0, 0.05) is 18.7 Å². The predicted molar refractivity (Wildman–Crippen MR) is 80.5 cm³/mol. The monoisotopic (exact) mass is 273 g/mol. The first kappa shape index (κ1) is 14.8. The van der Waals surface area contributed by atoms with Crippen molar-refractivity contribution in [3.63, 3.8) is 0 Å². The van der Waals surface area contributed by atoms with Gasteiger partial charge in [-0.3, -0.25) is 0 Å². The van der Waals surface area contributed by atoms with Gasteiger partial charge in [-0.2, -0.15) is 0 Å². The first-order chi connectivity index (χ1) is 9.58. The lowest BCUT2D eigenvalue weighted by atomic mass is 10.0. The minimum absolute atomic E-state index is 0.399. The molecule has 0 radical (unpaired) electrons. The summed E-state index contributed by atoms with van der Waals surface area (Å²) in [6.07, 6.45) is 2.06. The van der Waals surface area contributed by atoms with Gasteiger partial charge in [-0.15, -0.1) is 0 Å². The van der Waals surface area contributed by atoms with Crippen molar-refractivity contribution in [2.24, 2.45) is 0 Å². The van der Waals surface area contributed by atoms with Gasteiger partial charge in [-0.05, 0) is 44.5 Å². The molecule has 0 amide bonds. The molecule has 0 spiro atoms. The van der Waals surface area contributed by atoms with Crippen LogP contribution in [0.5, 0.6) is 0 Å². The molecule has 2 aromatic rings. The molecule has 1 aromatic heterocycles. The smallest absolute Gasteiger partial charge is 0.105 e. The zero-order chi connectivity index (χ0) is 14.5. The third-order valence-electron chi connectivity index (χ3n) is 3.74. The highest BCUT2D eigenvalue weighted by atomic mass is 16.3. The van der Waals surface area contributed by atoms with Crippen LogP contribution in [0.25, 0.3) is 0 Å². The molecule has 0 aliphatic rings. The highest BCUT2D eigenvalue weighted by Crippen LogP contribution is 2.21. The fraction of sp³-hybridized carbons (Fsp3) is 0.412. The number of aliphatic hydroxyl groups is 1. The molecule has 0 aliphatic carbocycles. The first-order valence-electron chi connectivity index (χ1n) is 7.03. The normalized spacial score (nSPS) is 12.8. The molecule has 1 atom stereocenters. The predicted octanol–water partition coefficient (Wildman–Crippen LogP) is 3.45. The Morgan fingerprint density at radius 3 is 2.60 bits per heavy atom. The molecular weight excluding hydrogens is 250 g/mol. The van der Waals surface area contributed by atoms with E-state index in [4.69, 9.17) is 4.42 Å². The first-order valence-corrected chi connectivity index (χ1v) is 7.03. The summed E-state index contributed by atoms with van der Waals surface area (Å²) < 4.78 is 5.30. The van der Waals surface area contributed by atoms with E-state index < -0.39 is 6.10 Å². The molecule has 1 heterocycles. The Kier molecular flexibility index (Phi) is 4.99. The lowest BCUT2D eigenvalue weighted by Gasteiger charge is -2.19. The Balaban J connectivity index is 1.86. The number of aryl methyl sites for hydroxylation is 2. The third kappa shape index (κ3) is 3.71. The van der Waals surface area contributed by atoms with Gasteiger partial charge in [0.25, 0.3) is 0 Å². The second-order valence-corrected chi connectivity index (χ2v) is 5.40. The number of rotatable bonds is 6. The second kappa shape index (κ2) is 6.73. The lowest BCUT2D eigenvalue weighted by Crippen LogP contribution is -2.21. The number of aliphatic hydroxyl groups excluding tert-OH is 1. The highest BCUT2D eigenvalue weighted by molar-refractivity contribution is 5.27. The van der Waals surface area contributed by atoms with Crippen LogP contribution >= 0.6 is 0 Å². The quantitative estimate of drug-likeness (QED) is 0.875. The van der Waals surface area contributed by atoms with Crippen LogP contribution in [0.4, 0.5) is 0 Å². The van der Waals surface area contributed by atoms with E-state index in [2.05, 4.69) is 11.9 Å². The van der Waals surface area contributed by atoms with Crippen LogP contribution in [0.2, 0.25) is 0 Å². The summed E-state index contributed by atoms with van der Waals surface area (Å²) in [4.78, 5) is 2.21. The molecule has 0 bridgehead atoms. The van der Waals surface area contributed by atoms with Crippen molar-refractivity contribution in [3.8, 4) is 0 Å². The number of hydrogen-bond acceptors (Lipinski definition) is 3. The van der Waals surface area contributed by atoms with Gasteiger partial charge in [0.1, 0.15) is 5.76 Å². The Labute approximate surface area is 120 Å². The molecule has 0 saturated heterocycles. The van der Waals surface area contributed by atoms with Crippen LogP contribution in [-0.2, 0) is 6.54 Å². The fourth-order valence-electron chi connectivity index (χ4n) is 2.40. The maximum absolute atomic E-state index is 10.3. The van der Waals surface area contributed by atoms with E-state index in [1.165, 1.54) is 5.56 Å². The molecule has 3 heteroatoms. The Hall–Kier alpha value is -1.58. The van der Waals surface area contributed by atoms with Crippen LogP contribution in [0.15, 0.2) is 41.0 Å². The summed E-state index contributed by atoms with van der Waals surface area (Å²) in [5.41, 5.74) is 3.38. The van der Waals surface area contributed by atoms with Crippen molar-refractivity contribution in [1.29, 1.82) is 0 Å². The van der Waals surface area contributed by atoms with Crippen molar-refractivity contribution in [3.05, 3.63) is 59.0 Å². The lowest BCUT2D eigenvalue weighted by molar-refractivity contribution is 0.147. The molecule has 0 aliphatic heterocycles. The van der Waals surface area contributed by atoms with E-state index in [1.54, 1.807) is 6.26 Å². The van der Waals surface area contributed by atoms with E-state index >= 15 is 0 Å². The molecule has 1 aromatic carbocycles. The van der Waals surface area contributed by atoms with Crippen molar-refractivity contribution in [1.82, 2.24) is 4.90 Å². The summed E-state index contributed by atoms with van der Waals surface area (Å²) in [7, 11) is 2.07. The molecule has 108 valence electrons. The zero-order valence-corrected chi connectivity index (χ0v) is 12.5. The van der Waals surface area contributed by atoms with E-state index in [0.29, 0.717) is 0 Å². The SMILES string of the molecule is Cc1ccccc1C(O)CCN(C)Cc1ccoc1C. The summed E-state index contributed by atoms with van der Waals surface area (Å²) >= 11 is 0. The highest BCUT2D eigenvalue weighted by Gasteiger charge is 2.12. The summed E-state index contributed by atoms with van der Waals surface area (Å²) in [6, 6.07) is 10.0. The van der Waals surface area contributed by atoms with Gasteiger partial charge in [-0.1, -0.05) is 24.3 Å². The Bertz CT molecular complexity index is 547. The average molecular weight is 273 g/mol. The van der Waals surface area contributed by atoms with Gasteiger partial charge in [-0.25, -0.2) is 0 Å². The van der Waals surface area contributed by atoms with Crippen molar-refractivity contribution in [2.75, 3.05) is 13.6 Å². The van der Waals surface area contributed by atoms with Gasteiger partial charge in [0.15, 0.2) is 0 Å². The van der Waals surface area contributed by atoms with E-state index in [0.717, 1.165) is 36.4 Å². The minimum atomic E-state index is -0.399. The van der Waals surface area contributed by atoms with Crippen LogP contribution in [0.3, 0.4) is 0 Å². The number of furan rings is 1. The van der Waals surface area contributed by atoms with Gasteiger partial charge < -0.3 is 14.4 Å². The second-order valence-electron chi connectivity index (χ2n) is 5.40. The van der Waals surface area contributed by atoms with E-state index in [9.17, 15) is 5.11 Å². The number of hydrogen-bond donors (Lipinski definition) is 1. The fourth-order valence-corrected chi connectivity index (χ4v) is 2.40. The molecule has 0 saturated carbocycles. The molecule has 1 unspecified atom stereocenters. The average Bonchev–Trinajstić information content (AvgIpc) is 2.82. The molecule has 2 rings (SSSR count). The maximum atomic E-state index is 10.3. The van der Waals surface area contributed by atoms with E-state index in [1.807, 2.05) is 44.2 Å². The van der Waals surface area contributed by atoms with Crippen LogP contribution in [0, 0.1) is 13.8 Å². The van der Waals surface area contributed by atoms with Crippen LogP contribution < -0.4 is 0 Å². The van der Waals surface area contributed by atoms with Gasteiger partial charge in [0.05, 0.1) is 12.4 Å². The van der Waals surface area contributed by atoms with Crippen molar-refractivity contribution >= 4 is 0 Å². The van der Waals surface area contributed by atoms with Crippen molar-refractivity contribution < 1.29 is 9.52 Å². The maximum Gasteiger partial charge on any atom is 0.105 e. The summed E-state index contributed by atoms with van der Waals surface area (Å²) in [5.74, 6) is 0.969. The molecule has 20 heavy (non-hydrogen) atoms. The summed E-state index contributed by atoms with van der Waals surface area (Å²) in [5, 5.41) is 10.3.